The van der Waals surface area contributed by atoms with E-state index >= 15 is 0 Å². The van der Waals surface area contributed by atoms with Gasteiger partial charge in [-0.15, -0.1) is 0 Å². The van der Waals surface area contributed by atoms with Gasteiger partial charge in [-0.05, 0) is 18.2 Å². The average molecular weight is 206 g/mol. The van der Waals surface area contributed by atoms with Gasteiger partial charge in [0.25, 0.3) is 11.8 Å². The summed E-state index contributed by atoms with van der Waals surface area (Å²) < 4.78 is 0. The monoisotopic (exact) mass is 206 g/mol. The van der Waals surface area contributed by atoms with Crippen LogP contribution >= 0.6 is 0 Å². The van der Waals surface area contributed by atoms with Crippen molar-refractivity contribution in [3.8, 4) is 0 Å². The zero-order chi connectivity index (χ0) is 11.3. The standard InChI is InChI=1S/C9H10N4O2/c1-11-13-9(15)7-4-2-3-6(5-7)8(14)12-10/h2-5H,1,10H2,(H,12,14)(H,13,15). The second kappa shape index (κ2) is 4.87. The highest BCUT2D eigenvalue weighted by molar-refractivity contribution is 5.99. The number of nitrogen functional groups attached to an aromatic ring is 1. The van der Waals surface area contributed by atoms with Gasteiger partial charge >= 0.3 is 0 Å². The molecule has 0 spiro atoms. The van der Waals surface area contributed by atoms with E-state index in [-0.39, 0.29) is 0 Å². The highest BCUT2D eigenvalue weighted by Gasteiger charge is 2.08. The van der Waals surface area contributed by atoms with Crippen LogP contribution in [0.15, 0.2) is 29.4 Å². The van der Waals surface area contributed by atoms with Gasteiger partial charge in [0.2, 0.25) is 0 Å². The molecular formula is C9H10N4O2. The summed E-state index contributed by atoms with van der Waals surface area (Å²) in [5.74, 6) is 4.06. The molecule has 6 nitrogen and oxygen atoms in total. The van der Waals surface area contributed by atoms with Gasteiger partial charge in [-0.25, -0.2) is 11.3 Å². The van der Waals surface area contributed by atoms with E-state index in [4.69, 9.17) is 5.84 Å². The van der Waals surface area contributed by atoms with E-state index < -0.39 is 11.8 Å². The zero-order valence-electron chi connectivity index (χ0n) is 7.86. The topological polar surface area (TPSA) is 96.6 Å². The number of carbonyl (C=O) groups is 2. The molecule has 0 aliphatic carbocycles. The first-order valence-corrected chi connectivity index (χ1v) is 4.06. The van der Waals surface area contributed by atoms with Gasteiger partial charge in [0, 0.05) is 17.8 Å². The number of hydrogen-bond acceptors (Lipinski definition) is 4. The van der Waals surface area contributed by atoms with Crippen LogP contribution in [-0.4, -0.2) is 18.5 Å². The van der Waals surface area contributed by atoms with Crippen LogP contribution in [0.5, 0.6) is 0 Å². The summed E-state index contributed by atoms with van der Waals surface area (Å²) in [6, 6.07) is 6.07. The molecule has 78 valence electrons. The SMILES string of the molecule is C=NNC(=O)c1cccc(C(=O)NN)c1. The third-order valence-corrected chi connectivity index (χ3v) is 1.70. The Morgan fingerprint density at radius 1 is 1.27 bits per heavy atom. The van der Waals surface area contributed by atoms with Crippen molar-refractivity contribution in [1.29, 1.82) is 0 Å². The summed E-state index contributed by atoms with van der Waals surface area (Å²) in [7, 11) is 0. The van der Waals surface area contributed by atoms with Gasteiger partial charge < -0.3 is 0 Å². The number of amides is 2. The molecule has 0 bridgehead atoms. The third-order valence-electron chi connectivity index (χ3n) is 1.70. The molecule has 0 saturated heterocycles. The number of nitrogens with two attached hydrogens (primary N) is 1. The predicted octanol–water partition coefficient (Wildman–Crippen LogP) is -0.365. The highest BCUT2D eigenvalue weighted by Crippen LogP contribution is 2.04. The Morgan fingerprint density at radius 3 is 2.40 bits per heavy atom. The molecule has 4 N–H and O–H groups in total. The summed E-state index contributed by atoms with van der Waals surface area (Å²) >= 11 is 0. The van der Waals surface area contributed by atoms with Gasteiger partial charge in [0.15, 0.2) is 0 Å². The lowest BCUT2D eigenvalue weighted by Gasteiger charge is -2.02. The zero-order valence-corrected chi connectivity index (χ0v) is 7.86. The van der Waals surface area contributed by atoms with E-state index in [0.717, 1.165) is 0 Å². The van der Waals surface area contributed by atoms with Crippen molar-refractivity contribution in [2.45, 2.75) is 0 Å². The maximum absolute atomic E-state index is 11.3. The van der Waals surface area contributed by atoms with Crippen LogP contribution in [0, 0.1) is 0 Å². The van der Waals surface area contributed by atoms with Crippen molar-refractivity contribution >= 4 is 18.5 Å². The van der Waals surface area contributed by atoms with Crippen LogP contribution in [0.1, 0.15) is 20.7 Å². The minimum Gasteiger partial charge on any atom is -0.290 e. The van der Waals surface area contributed by atoms with Gasteiger partial charge in [-0.3, -0.25) is 15.0 Å². The van der Waals surface area contributed by atoms with Crippen molar-refractivity contribution in [2.75, 3.05) is 0 Å². The fourth-order valence-corrected chi connectivity index (χ4v) is 1.02. The summed E-state index contributed by atoms with van der Waals surface area (Å²) in [5, 5.41) is 3.23. The Balaban J connectivity index is 2.97. The Kier molecular flexibility index (Phi) is 3.53. The van der Waals surface area contributed by atoms with Gasteiger partial charge in [0.1, 0.15) is 0 Å². The van der Waals surface area contributed by atoms with Crippen molar-refractivity contribution < 1.29 is 9.59 Å². The summed E-state index contributed by atoms with van der Waals surface area (Å²) in [6.45, 7) is 3.12. The van der Waals surface area contributed by atoms with Crippen molar-refractivity contribution in [3.63, 3.8) is 0 Å². The molecular weight excluding hydrogens is 196 g/mol. The lowest BCUT2D eigenvalue weighted by atomic mass is 10.1. The summed E-state index contributed by atoms with van der Waals surface area (Å²) in [6.07, 6.45) is 0. The maximum atomic E-state index is 11.3. The Labute approximate surface area is 86.1 Å². The number of nitrogens with one attached hydrogen (secondary N) is 2. The van der Waals surface area contributed by atoms with E-state index in [2.05, 4.69) is 17.2 Å². The average Bonchev–Trinajstić information content (AvgIpc) is 2.28. The van der Waals surface area contributed by atoms with Gasteiger partial charge in [-0.1, -0.05) is 6.07 Å². The molecule has 2 amide bonds. The highest BCUT2D eigenvalue weighted by atomic mass is 16.2. The largest absolute Gasteiger partial charge is 0.290 e. The van der Waals surface area contributed by atoms with E-state index in [1.807, 2.05) is 5.43 Å². The van der Waals surface area contributed by atoms with Gasteiger partial charge in [-0.2, -0.15) is 5.10 Å². The second-order valence-electron chi connectivity index (χ2n) is 2.65. The molecule has 0 aliphatic heterocycles. The van der Waals surface area contributed by atoms with Gasteiger partial charge in [0.05, 0.1) is 0 Å². The fraction of sp³-hybridized carbons (Fsp3) is 0. The number of nitrogens with zero attached hydrogens (tertiary/aromatic N) is 1. The third kappa shape index (κ3) is 2.61. The molecule has 0 fully saturated rings. The molecule has 0 unspecified atom stereocenters. The lowest BCUT2D eigenvalue weighted by molar-refractivity contribution is 0.0953. The molecule has 0 saturated carbocycles. The number of hydrazone groups is 1. The fourth-order valence-electron chi connectivity index (χ4n) is 1.02. The normalized spacial score (nSPS) is 9.13. The Hall–Kier alpha value is -2.21. The first-order chi connectivity index (χ1) is 7.19. The van der Waals surface area contributed by atoms with Crippen LogP contribution in [0.3, 0.4) is 0 Å². The number of rotatable bonds is 3. The first-order valence-electron chi connectivity index (χ1n) is 4.06. The van der Waals surface area contributed by atoms with E-state index in [9.17, 15) is 9.59 Å². The molecule has 0 aliphatic rings. The molecule has 0 heterocycles. The smallest absolute Gasteiger partial charge is 0.271 e. The molecule has 15 heavy (non-hydrogen) atoms. The van der Waals surface area contributed by atoms with Crippen molar-refractivity contribution in [1.82, 2.24) is 10.9 Å². The lowest BCUT2D eigenvalue weighted by Crippen LogP contribution is -2.30. The Morgan fingerprint density at radius 2 is 1.87 bits per heavy atom. The first kappa shape index (κ1) is 10.9. The molecule has 0 atom stereocenters. The Bertz CT molecular complexity index is 403. The van der Waals surface area contributed by atoms with Crippen LogP contribution in [0.4, 0.5) is 0 Å². The second-order valence-corrected chi connectivity index (χ2v) is 2.65. The molecule has 1 rings (SSSR count). The number of hydrogen-bond donors (Lipinski definition) is 3. The summed E-state index contributed by atoms with van der Waals surface area (Å²) in [4.78, 5) is 22.4. The number of carbonyl (C=O) groups excluding carboxylic acids is 2. The molecule has 6 heteroatoms. The maximum Gasteiger partial charge on any atom is 0.271 e. The minimum atomic E-state index is -0.462. The van der Waals surface area contributed by atoms with Crippen LogP contribution in [0.25, 0.3) is 0 Å². The van der Waals surface area contributed by atoms with Crippen molar-refractivity contribution in [3.05, 3.63) is 35.4 Å². The van der Waals surface area contributed by atoms with E-state index in [1.165, 1.54) is 6.07 Å². The van der Waals surface area contributed by atoms with Crippen LogP contribution in [-0.2, 0) is 0 Å². The molecule has 0 radical (unpaired) electrons. The quantitative estimate of drug-likeness (QED) is 0.272. The van der Waals surface area contributed by atoms with E-state index in [1.54, 1.807) is 18.2 Å². The van der Waals surface area contributed by atoms with Crippen molar-refractivity contribution in [2.24, 2.45) is 10.9 Å². The van der Waals surface area contributed by atoms with E-state index in [0.29, 0.717) is 11.1 Å². The molecule has 1 aromatic rings. The number of benzene rings is 1. The summed E-state index contributed by atoms with van der Waals surface area (Å²) in [5.41, 5.74) is 4.74. The minimum absolute atomic E-state index is 0.300. The van der Waals surface area contributed by atoms with Crippen LogP contribution in [0.2, 0.25) is 0 Å². The molecule has 1 aromatic carbocycles. The number of hydrazine groups is 1. The predicted molar refractivity (Wildman–Crippen MR) is 55.1 cm³/mol. The van der Waals surface area contributed by atoms with Crippen LogP contribution < -0.4 is 16.7 Å². The molecule has 0 aromatic heterocycles.